The summed E-state index contributed by atoms with van der Waals surface area (Å²) in [4.78, 5) is 12.9. The number of anilines is 3. The number of hydrogen-bond donors (Lipinski definition) is 2. The molecule has 0 bridgehead atoms. The molecule has 9 nitrogen and oxygen atoms in total. The Kier molecular flexibility index (Phi) is 6.91. The summed E-state index contributed by atoms with van der Waals surface area (Å²) in [6, 6.07) is 15.4. The Morgan fingerprint density at radius 2 is 1.61 bits per heavy atom. The third-order valence-electron chi connectivity index (χ3n) is 5.67. The van der Waals surface area contributed by atoms with E-state index in [0.29, 0.717) is 16.4 Å². The maximum absolute atomic E-state index is 12.9. The topological polar surface area (TPSA) is 122 Å². The van der Waals surface area contributed by atoms with Crippen molar-refractivity contribution in [3.05, 3.63) is 76.8 Å². The minimum absolute atomic E-state index is 0.0155. The number of benzene rings is 3. The molecular weight excluding hydrogens is 526 g/mol. The molecule has 0 saturated carbocycles. The second kappa shape index (κ2) is 9.64. The zero-order chi connectivity index (χ0) is 26.3. The lowest BCUT2D eigenvalue weighted by atomic mass is 10.1. The number of hydrogen-bond acceptors (Lipinski definition) is 6. The molecule has 1 amide bonds. The van der Waals surface area contributed by atoms with Crippen molar-refractivity contribution >= 4 is 54.6 Å². The normalized spacial score (nSPS) is 15.6. The zero-order valence-corrected chi connectivity index (χ0v) is 22.0. The number of nitrogens with one attached hydrogen (secondary N) is 2. The third-order valence-corrected chi connectivity index (χ3v) is 8.45. The van der Waals surface area contributed by atoms with Crippen LogP contribution in [0.15, 0.2) is 65.6 Å². The van der Waals surface area contributed by atoms with Gasteiger partial charge in [0.05, 0.1) is 23.4 Å². The standard InChI is InChI=1S/C24H24ClN3O6S2/c1-15-4-6-19(12-16(15)2)27-36(32,33)20-9-7-18(8-10-20)26-24(29)23-14-28(35(3,30)31)21-13-17(25)5-11-22(21)34-23/h4-13,23,27H,14H2,1-3H3,(H,26,29)/t23-/m0/s1. The lowest BCUT2D eigenvalue weighted by Crippen LogP contribution is -2.48. The lowest BCUT2D eigenvalue weighted by Gasteiger charge is -2.34. The molecular formula is C24H24ClN3O6S2. The number of fused-ring (bicyclic) bond motifs is 1. The fourth-order valence-corrected chi connectivity index (χ4v) is 5.76. The maximum atomic E-state index is 12.9. The van der Waals surface area contributed by atoms with Gasteiger partial charge in [-0.3, -0.25) is 13.8 Å². The van der Waals surface area contributed by atoms with Crippen molar-refractivity contribution in [2.75, 3.05) is 27.1 Å². The van der Waals surface area contributed by atoms with Crippen LogP contribution in [0.1, 0.15) is 11.1 Å². The van der Waals surface area contributed by atoms with E-state index >= 15 is 0 Å². The number of ether oxygens (including phenoxy) is 1. The Bertz CT molecular complexity index is 1540. The van der Waals surface area contributed by atoms with Gasteiger partial charge in [-0.05, 0) is 79.6 Å². The first-order valence-electron chi connectivity index (χ1n) is 10.8. The van der Waals surface area contributed by atoms with Crippen LogP contribution in [0.4, 0.5) is 17.1 Å². The summed E-state index contributed by atoms with van der Waals surface area (Å²) in [5, 5.41) is 2.97. The van der Waals surface area contributed by atoms with Crippen molar-refractivity contribution < 1.29 is 26.4 Å². The Balaban J connectivity index is 1.48. The molecule has 2 N–H and O–H groups in total. The Labute approximate surface area is 215 Å². The molecule has 0 aromatic heterocycles. The monoisotopic (exact) mass is 549 g/mol. The SMILES string of the molecule is Cc1ccc(NS(=O)(=O)c2ccc(NC(=O)[C@@H]3CN(S(C)(=O)=O)c4cc(Cl)ccc4O3)cc2)cc1C. The highest BCUT2D eigenvalue weighted by atomic mass is 35.5. The molecule has 3 aromatic rings. The van der Waals surface area contributed by atoms with Crippen LogP contribution in [0.5, 0.6) is 5.75 Å². The van der Waals surface area contributed by atoms with Crippen LogP contribution in [0.2, 0.25) is 5.02 Å². The van der Waals surface area contributed by atoms with Gasteiger partial charge in [0.15, 0.2) is 6.10 Å². The molecule has 0 aliphatic carbocycles. The van der Waals surface area contributed by atoms with Gasteiger partial charge >= 0.3 is 0 Å². The van der Waals surface area contributed by atoms with Crippen LogP contribution in [-0.4, -0.2) is 41.6 Å². The second-order valence-electron chi connectivity index (χ2n) is 8.43. The van der Waals surface area contributed by atoms with Gasteiger partial charge in [0, 0.05) is 16.4 Å². The Morgan fingerprint density at radius 3 is 2.25 bits per heavy atom. The smallest absolute Gasteiger partial charge is 0.267 e. The van der Waals surface area contributed by atoms with E-state index in [4.69, 9.17) is 16.3 Å². The van der Waals surface area contributed by atoms with Gasteiger partial charge in [-0.2, -0.15) is 0 Å². The molecule has 3 aromatic carbocycles. The Hall–Kier alpha value is -3.28. The first kappa shape index (κ1) is 25.8. The largest absolute Gasteiger partial charge is 0.476 e. The summed E-state index contributed by atoms with van der Waals surface area (Å²) < 4.78 is 59.5. The maximum Gasteiger partial charge on any atom is 0.267 e. The van der Waals surface area contributed by atoms with Crippen LogP contribution in [-0.2, 0) is 24.8 Å². The quantitative estimate of drug-likeness (QED) is 0.480. The van der Waals surface area contributed by atoms with Crippen molar-refractivity contribution in [1.82, 2.24) is 0 Å². The fourth-order valence-electron chi connectivity index (χ4n) is 3.63. The summed E-state index contributed by atoms with van der Waals surface area (Å²) in [5.41, 5.74) is 3.02. The summed E-state index contributed by atoms with van der Waals surface area (Å²) in [6.45, 7) is 3.58. The molecule has 4 rings (SSSR count). The minimum Gasteiger partial charge on any atom is -0.476 e. The molecule has 1 heterocycles. The highest BCUT2D eigenvalue weighted by Gasteiger charge is 2.35. The molecule has 1 aliphatic heterocycles. The molecule has 0 unspecified atom stereocenters. The van der Waals surface area contributed by atoms with Gasteiger partial charge in [-0.25, -0.2) is 16.8 Å². The highest BCUT2D eigenvalue weighted by Crippen LogP contribution is 2.37. The second-order valence-corrected chi connectivity index (χ2v) is 12.5. The molecule has 0 spiro atoms. The van der Waals surface area contributed by atoms with Gasteiger partial charge in [0.1, 0.15) is 5.75 Å². The van der Waals surface area contributed by atoms with Crippen LogP contribution in [0.3, 0.4) is 0 Å². The number of rotatable bonds is 6. The molecule has 36 heavy (non-hydrogen) atoms. The van der Waals surface area contributed by atoms with Gasteiger partial charge in [-0.15, -0.1) is 0 Å². The van der Waals surface area contributed by atoms with E-state index in [1.165, 1.54) is 42.5 Å². The molecule has 1 aliphatic rings. The lowest BCUT2D eigenvalue weighted by molar-refractivity contribution is -0.122. The molecule has 0 fully saturated rings. The number of sulfonamides is 2. The van der Waals surface area contributed by atoms with Crippen molar-refractivity contribution in [3.8, 4) is 5.75 Å². The molecule has 0 saturated heterocycles. The van der Waals surface area contributed by atoms with Gasteiger partial charge < -0.3 is 10.1 Å². The summed E-state index contributed by atoms with van der Waals surface area (Å²) >= 11 is 6.00. The van der Waals surface area contributed by atoms with E-state index in [2.05, 4.69) is 10.0 Å². The molecule has 12 heteroatoms. The molecule has 190 valence electrons. The van der Waals surface area contributed by atoms with Crippen LogP contribution in [0, 0.1) is 13.8 Å². The predicted octanol–water partition coefficient (Wildman–Crippen LogP) is 3.92. The van der Waals surface area contributed by atoms with Gasteiger partial charge in [0.2, 0.25) is 10.0 Å². The van der Waals surface area contributed by atoms with E-state index < -0.39 is 32.1 Å². The fraction of sp³-hybridized carbons (Fsp3) is 0.208. The summed E-state index contributed by atoms with van der Waals surface area (Å²) in [6.07, 6.45) is -0.105. The van der Waals surface area contributed by atoms with Crippen molar-refractivity contribution in [1.29, 1.82) is 0 Å². The average Bonchev–Trinajstić information content (AvgIpc) is 2.80. The number of aryl methyl sites for hydroxylation is 2. The molecule has 1 atom stereocenters. The third kappa shape index (κ3) is 5.58. The van der Waals surface area contributed by atoms with Gasteiger partial charge in [-0.1, -0.05) is 17.7 Å². The van der Waals surface area contributed by atoms with E-state index in [1.807, 2.05) is 19.9 Å². The van der Waals surface area contributed by atoms with E-state index in [1.54, 1.807) is 12.1 Å². The summed E-state index contributed by atoms with van der Waals surface area (Å²) in [5.74, 6) is -0.386. The number of carbonyl (C=O) groups is 1. The zero-order valence-electron chi connectivity index (χ0n) is 19.6. The highest BCUT2D eigenvalue weighted by molar-refractivity contribution is 7.92. The van der Waals surface area contributed by atoms with Gasteiger partial charge in [0.25, 0.3) is 15.9 Å². The number of carbonyl (C=O) groups excluding carboxylic acids is 1. The Morgan fingerprint density at radius 1 is 0.944 bits per heavy atom. The van der Waals surface area contributed by atoms with Crippen LogP contribution in [0.25, 0.3) is 0 Å². The average molecular weight is 550 g/mol. The van der Waals surface area contributed by atoms with Crippen molar-refractivity contribution in [2.24, 2.45) is 0 Å². The molecule has 0 radical (unpaired) electrons. The minimum atomic E-state index is -3.84. The van der Waals surface area contributed by atoms with Crippen molar-refractivity contribution in [3.63, 3.8) is 0 Å². The first-order valence-corrected chi connectivity index (χ1v) is 14.5. The number of amides is 1. The van der Waals surface area contributed by atoms with E-state index in [9.17, 15) is 21.6 Å². The number of halogens is 1. The van der Waals surface area contributed by atoms with Crippen LogP contribution < -0.4 is 19.1 Å². The van der Waals surface area contributed by atoms with Crippen LogP contribution >= 0.6 is 11.6 Å². The van der Waals surface area contributed by atoms with E-state index in [0.717, 1.165) is 21.7 Å². The predicted molar refractivity (Wildman–Crippen MR) is 140 cm³/mol. The first-order chi connectivity index (χ1) is 16.8. The van der Waals surface area contributed by atoms with E-state index in [-0.39, 0.29) is 22.9 Å². The number of nitrogens with zero attached hydrogens (tertiary/aromatic N) is 1. The summed E-state index contributed by atoms with van der Waals surface area (Å²) in [7, 11) is -7.55. The van der Waals surface area contributed by atoms with Crippen molar-refractivity contribution in [2.45, 2.75) is 24.8 Å².